The first-order chi connectivity index (χ1) is 9.63. The maximum atomic E-state index is 6.34. The van der Waals surface area contributed by atoms with Crippen LogP contribution in [0.5, 0.6) is 0 Å². The quantitative estimate of drug-likeness (QED) is 0.663. The second kappa shape index (κ2) is 7.43. The van der Waals surface area contributed by atoms with Crippen LogP contribution in [0.1, 0.15) is 56.2 Å². The number of nitrogens with two attached hydrogens (primary N) is 1. The highest BCUT2D eigenvalue weighted by atomic mass is 35.5. The molecule has 1 aromatic heterocycles. The van der Waals surface area contributed by atoms with E-state index in [2.05, 4.69) is 10.5 Å². The molecular weight excluding hydrogens is 272 g/mol. The van der Waals surface area contributed by atoms with Crippen LogP contribution < -0.4 is 11.3 Å². The molecule has 1 aliphatic carbocycles. The summed E-state index contributed by atoms with van der Waals surface area (Å²) in [5, 5.41) is 5.14. The average Bonchev–Trinajstić information content (AvgIpc) is 2.62. The second-order valence-electron chi connectivity index (χ2n) is 6.06. The van der Waals surface area contributed by atoms with Gasteiger partial charge in [0, 0.05) is 18.7 Å². The Bertz CT molecular complexity index is 422. The monoisotopic (exact) mass is 298 g/mol. The van der Waals surface area contributed by atoms with Gasteiger partial charge in [0.15, 0.2) is 0 Å². The fraction of sp³-hybridized carbons (Fsp3) is 0.800. The number of hydrogen-bond donors (Lipinski definition) is 2. The molecule has 20 heavy (non-hydrogen) atoms. The summed E-state index contributed by atoms with van der Waals surface area (Å²) in [5.41, 5.74) is 5.19. The van der Waals surface area contributed by atoms with E-state index in [-0.39, 0.29) is 0 Å². The summed E-state index contributed by atoms with van der Waals surface area (Å²) in [6, 6.07) is 0.300. The van der Waals surface area contributed by atoms with Gasteiger partial charge in [0.25, 0.3) is 0 Å². The maximum Gasteiger partial charge on any atom is 0.130 e. The first-order valence-electron chi connectivity index (χ1n) is 7.77. The molecule has 0 bridgehead atoms. The van der Waals surface area contributed by atoms with Crippen LogP contribution in [0.15, 0.2) is 0 Å². The van der Waals surface area contributed by atoms with Crippen molar-refractivity contribution in [2.45, 2.75) is 64.3 Å². The number of hydrazine groups is 1. The molecule has 1 aliphatic rings. The first-order valence-corrected chi connectivity index (χ1v) is 8.15. The third-order valence-corrected chi connectivity index (χ3v) is 5.10. The molecule has 114 valence electrons. The van der Waals surface area contributed by atoms with E-state index in [0.717, 1.165) is 22.8 Å². The molecule has 3 N–H and O–H groups in total. The topological polar surface area (TPSA) is 55.9 Å². The van der Waals surface area contributed by atoms with Crippen LogP contribution in [-0.2, 0) is 13.5 Å². The van der Waals surface area contributed by atoms with Gasteiger partial charge >= 0.3 is 0 Å². The summed E-state index contributed by atoms with van der Waals surface area (Å²) in [4.78, 5) is 0. The summed E-state index contributed by atoms with van der Waals surface area (Å²) in [6.07, 6.45) is 10.2. The van der Waals surface area contributed by atoms with Crippen molar-refractivity contribution in [3.63, 3.8) is 0 Å². The van der Waals surface area contributed by atoms with Crippen LogP contribution in [0.4, 0.5) is 0 Å². The van der Waals surface area contributed by atoms with Crippen molar-refractivity contribution in [1.82, 2.24) is 15.2 Å². The van der Waals surface area contributed by atoms with Crippen LogP contribution >= 0.6 is 11.6 Å². The molecule has 4 nitrogen and oxygen atoms in total. The van der Waals surface area contributed by atoms with Crippen molar-refractivity contribution < 1.29 is 0 Å². The molecule has 0 amide bonds. The van der Waals surface area contributed by atoms with E-state index in [9.17, 15) is 0 Å². The van der Waals surface area contributed by atoms with Gasteiger partial charge in [0.05, 0.1) is 5.69 Å². The highest BCUT2D eigenvalue weighted by Gasteiger charge is 2.24. The smallest absolute Gasteiger partial charge is 0.130 e. The fourth-order valence-corrected chi connectivity index (χ4v) is 3.63. The lowest BCUT2D eigenvalue weighted by atomic mass is 9.83. The Balaban J connectivity index is 2.07. The molecule has 1 aromatic rings. The van der Waals surface area contributed by atoms with Gasteiger partial charge in [-0.05, 0) is 32.1 Å². The standard InChI is InChI=1S/C15H27ClN4/c1-11-13(15(16)20(2)19-11)10-14(18-17)12-8-6-4-3-5-7-9-12/h12,14,18H,3-10,17H2,1-2H3. The van der Waals surface area contributed by atoms with Gasteiger partial charge in [0.1, 0.15) is 5.15 Å². The Morgan fingerprint density at radius 1 is 1.30 bits per heavy atom. The molecule has 1 heterocycles. The van der Waals surface area contributed by atoms with Gasteiger partial charge < -0.3 is 0 Å². The van der Waals surface area contributed by atoms with Gasteiger partial charge in [-0.1, -0.05) is 43.7 Å². The second-order valence-corrected chi connectivity index (χ2v) is 6.42. The summed E-state index contributed by atoms with van der Waals surface area (Å²) in [7, 11) is 1.89. The Hall–Kier alpha value is -0.580. The van der Waals surface area contributed by atoms with Crippen LogP contribution in [0, 0.1) is 12.8 Å². The van der Waals surface area contributed by atoms with Crippen molar-refractivity contribution in [1.29, 1.82) is 0 Å². The van der Waals surface area contributed by atoms with Gasteiger partial charge in [-0.3, -0.25) is 16.0 Å². The molecule has 0 aromatic carbocycles. The van der Waals surface area contributed by atoms with Crippen molar-refractivity contribution in [2.24, 2.45) is 18.8 Å². The third-order valence-electron chi connectivity index (χ3n) is 4.63. The number of rotatable bonds is 4. The van der Waals surface area contributed by atoms with Gasteiger partial charge in [-0.25, -0.2) is 0 Å². The van der Waals surface area contributed by atoms with Crippen LogP contribution in [0.2, 0.25) is 5.15 Å². The SMILES string of the molecule is Cc1nn(C)c(Cl)c1CC(NN)C1CCCCCCC1. The van der Waals surface area contributed by atoms with E-state index < -0.39 is 0 Å². The lowest BCUT2D eigenvalue weighted by Crippen LogP contribution is -2.42. The molecule has 5 heteroatoms. The number of hydrogen-bond acceptors (Lipinski definition) is 3. The van der Waals surface area contributed by atoms with Gasteiger partial charge in [-0.2, -0.15) is 5.10 Å². The van der Waals surface area contributed by atoms with Crippen LogP contribution in [-0.4, -0.2) is 15.8 Å². The highest BCUT2D eigenvalue weighted by Crippen LogP contribution is 2.28. The highest BCUT2D eigenvalue weighted by molar-refractivity contribution is 6.30. The minimum absolute atomic E-state index is 0.300. The summed E-state index contributed by atoms with van der Waals surface area (Å²) in [5.74, 6) is 6.48. The lowest BCUT2D eigenvalue weighted by Gasteiger charge is -2.28. The number of halogens is 1. The zero-order valence-corrected chi connectivity index (χ0v) is 13.4. The molecule has 0 saturated heterocycles. The van der Waals surface area contributed by atoms with E-state index in [4.69, 9.17) is 17.4 Å². The lowest BCUT2D eigenvalue weighted by molar-refractivity contribution is 0.285. The molecule has 1 atom stereocenters. The zero-order valence-electron chi connectivity index (χ0n) is 12.7. The molecule has 1 fully saturated rings. The molecule has 0 radical (unpaired) electrons. The predicted molar refractivity (Wildman–Crippen MR) is 83.6 cm³/mol. The minimum Gasteiger partial charge on any atom is -0.271 e. The van der Waals surface area contributed by atoms with Crippen LogP contribution in [0.25, 0.3) is 0 Å². The molecule has 1 saturated carbocycles. The third kappa shape index (κ3) is 3.74. The van der Waals surface area contributed by atoms with Crippen molar-refractivity contribution in [3.05, 3.63) is 16.4 Å². The number of aryl methyl sites for hydroxylation is 2. The first kappa shape index (κ1) is 15.8. The number of nitrogens with zero attached hydrogens (tertiary/aromatic N) is 2. The fourth-order valence-electron chi connectivity index (χ4n) is 3.38. The number of nitrogens with one attached hydrogen (secondary N) is 1. The number of aromatic nitrogens is 2. The van der Waals surface area contributed by atoms with Gasteiger partial charge in [0.2, 0.25) is 0 Å². The maximum absolute atomic E-state index is 6.34. The Kier molecular flexibility index (Phi) is 5.87. The Labute approximate surface area is 127 Å². The molecule has 0 aliphatic heterocycles. The van der Waals surface area contributed by atoms with E-state index in [0.29, 0.717) is 12.0 Å². The molecule has 2 rings (SSSR count). The van der Waals surface area contributed by atoms with Gasteiger partial charge in [-0.15, -0.1) is 0 Å². The van der Waals surface area contributed by atoms with E-state index in [1.165, 1.54) is 44.9 Å². The molecule has 0 spiro atoms. The van der Waals surface area contributed by atoms with E-state index in [1.807, 2.05) is 14.0 Å². The van der Waals surface area contributed by atoms with Crippen LogP contribution in [0.3, 0.4) is 0 Å². The Morgan fingerprint density at radius 3 is 2.40 bits per heavy atom. The Morgan fingerprint density at radius 2 is 1.90 bits per heavy atom. The summed E-state index contributed by atoms with van der Waals surface area (Å²) >= 11 is 6.34. The largest absolute Gasteiger partial charge is 0.271 e. The summed E-state index contributed by atoms with van der Waals surface area (Å²) < 4.78 is 1.75. The van der Waals surface area contributed by atoms with Crippen molar-refractivity contribution >= 4 is 11.6 Å². The van der Waals surface area contributed by atoms with E-state index >= 15 is 0 Å². The van der Waals surface area contributed by atoms with E-state index in [1.54, 1.807) is 4.68 Å². The molecular formula is C15H27ClN4. The predicted octanol–water partition coefficient (Wildman–Crippen LogP) is 3.12. The zero-order chi connectivity index (χ0) is 14.5. The van der Waals surface area contributed by atoms with Crippen molar-refractivity contribution in [2.75, 3.05) is 0 Å². The molecule has 1 unspecified atom stereocenters. The summed E-state index contributed by atoms with van der Waals surface area (Å²) in [6.45, 7) is 2.02. The van der Waals surface area contributed by atoms with Crippen molar-refractivity contribution in [3.8, 4) is 0 Å². The minimum atomic E-state index is 0.300. The average molecular weight is 299 g/mol. The normalized spacial score (nSPS) is 19.6.